The maximum atomic E-state index is 12.0. The van der Waals surface area contributed by atoms with Crippen molar-refractivity contribution in [1.82, 2.24) is 15.4 Å². The lowest BCUT2D eigenvalue weighted by molar-refractivity contribution is -0.116. The van der Waals surface area contributed by atoms with Crippen molar-refractivity contribution in [2.24, 2.45) is 5.92 Å². The Balaban J connectivity index is 1.53. The van der Waals surface area contributed by atoms with E-state index >= 15 is 0 Å². The van der Waals surface area contributed by atoms with Crippen LogP contribution in [0.15, 0.2) is 10.6 Å². The molecule has 1 amide bonds. The van der Waals surface area contributed by atoms with E-state index in [1.807, 2.05) is 19.9 Å². The molecule has 2 unspecified atom stereocenters. The number of carbonyl (C=O) groups excluding carboxylic acids is 1. The van der Waals surface area contributed by atoms with Gasteiger partial charge >= 0.3 is 0 Å². The Morgan fingerprint density at radius 3 is 2.90 bits per heavy atom. The zero-order valence-electron chi connectivity index (χ0n) is 12.6. The van der Waals surface area contributed by atoms with E-state index in [1.165, 1.54) is 6.42 Å². The van der Waals surface area contributed by atoms with E-state index < -0.39 is 0 Å². The van der Waals surface area contributed by atoms with Gasteiger partial charge in [-0.25, -0.2) is 0 Å². The fourth-order valence-electron chi connectivity index (χ4n) is 2.65. The summed E-state index contributed by atoms with van der Waals surface area (Å²) in [6.07, 6.45) is 2.22. The average molecular weight is 288 g/mol. The molecule has 1 aliphatic carbocycles. The van der Waals surface area contributed by atoms with E-state index in [4.69, 9.17) is 4.52 Å². The van der Waals surface area contributed by atoms with Gasteiger partial charge in [-0.1, -0.05) is 12.1 Å². The molecule has 3 rings (SSSR count). The Kier molecular flexibility index (Phi) is 3.53. The third-order valence-corrected chi connectivity index (χ3v) is 4.16. The maximum absolute atomic E-state index is 12.0. The smallest absolute Gasteiger partial charge is 0.225 e. The van der Waals surface area contributed by atoms with Gasteiger partial charge in [-0.05, 0) is 32.6 Å². The van der Waals surface area contributed by atoms with Gasteiger partial charge in [0.15, 0.2) is 5.82 Å². The molecule has 0 bridgehead atoms. The third kappa shape index (κ3) is 2.99. The molecular formula is C15H20N4O2. The summed E-state index contributed by atoms with van der Waals surface area (Å²) >= 11 is 0. The zero-order chi connectivity index (χ0) is 15.0. The van der Waals surface area contributed by atoms with Crippen molar-refractivity contribution in [3.05, 3.63) is 28.8 Å². The van der Waals surface area contributed by atoms with Gasteiger partial charge in [0.25, 0.3) is 0 Å². The van der Waals surface area contributed by atoms with Crippen molar-refractivity contribution in [1.29, 1.82) is 0 Å². The minimum absolute atomic E-state index is 0.0445. The molecule has 2 aromatic rings. The SMILES string of the molecule is Cc1noc(C)c1CCC(=O)Nc1cc(C2CC2C)[nH]n1. The van der Waals surface area contributed by atoms with Gasteiger partial charge in [0.05, 0.1) is 5.69 Å². The van der Waals surface area contributed by atoms with Crippen LogP contribution in [0.25, 0.3) is 0 Å². The van der Waals surface area contributed by atoms with Crippen molar-refractivity contribution in [3.63, 3.8) is 0 Å². The van der Waals surface area contributed by atoms with Gasteiger partial charge in [0.1, 0.15) is 5.76 Å². The number of H-pyrrole nitrogens is 1. The Morgan fingerprint density at radius 2 is 2.29 bits per heavy atom. The van der Waals surface area contributed by atoms with Gasteiger partial charge in [0.2, 0.25) is 5.91 Å². The molecule has 0 saturated heterocycles. The van der Waals surface area contributed by atoms with Crippen LogP contribution < -0.4 is 5.32 Å². The molecule has 112 valence electrons. The summed E-state index contributed by atoms with van der Waals surface area (Å²) in [6.45, 7) is 5.97. The molecule has 0 aliphatic heterocycles. The number of hydrogen-bond acceptors (Lipinski definition) is 4. The first kappa shape index (κ1) is 13.9. The first-order chi connectivity index (χ1) is 10.0. The summed E-state index contributed by atoms with van der Waals surface area (Å²) in [6, 6.07) is 1.93. The second-order valence-electron chi connectivity index (χ2n) is 5.88. The highest BCUT2D eigenvalue weighted by molar-refractivity contribution is 5.89. The van der Waals surface area contributed by atoms with Crippen molar-refractivity contribution in [2.45, 2.75) is 46.0 Å². The van der Waals surface area contributed by atoms with Crippen LogP contribution in [-0.2, 0) is 11.2 Å². The molecule has 1 fully saturated rings. The standard InChI is InChI=1S/C15H20N4O2/c1-8-6-12(8)13-7-14(18-17-13)16-15(20)5-4-11-9(2)19-21-10(11)3/h7-8,12H,4-6H2,1-3H3,(H2,16,17,18,20). The highest BCUT2D eigenvalue weighted by Crippen LogP contribution is 2.46. The van der Waals surface area contributed by atoms with Crippen molar-refractivity contribution < 1.29 is 9.32 Å². The topological polar surface area (TPSA) is 83.8 Å². The number of hydrogen-bond donors (Lipinski definition) is 2. The van der Waals surface area contributed by atoms with E-state index in [2.05, 4.69) is 27.6 Å². The van der Waals surface area contributed by atoms with Crippen LogP contribution in [0.1, 0.15) is 48.4 Å². The van der Waals surface area contributed by atoms with Gasteiger partial charge in [-0.15, -0.1) is 0 Å². The Morgan fingerprint density at radius 1 is 1.52 bits per heavy atom. The highest BCUT2D eigenvalue weighted by atomic mass is 16.5. The quantitative estimate of drug-likeness (QED) is 0.886. The normalized spacial score (nSPS) is 20.5. The van der Waals surface area contributed by atoms with Gasteiger partial charge in [-0.3, -0.25) is 9.89 Å². The van der Waals surface area contributed by atoms with Crippen LogP contribution in [0.4, 0.5) is 5.82 Å². The fourth-order valence-corrected chi connectivity index (χ4v) is 2.65. The molecule has 0 aromatic carbocycles. The van der Waals surface area contributed by atoms with Crippen LogP contribution in [-0.4, -0.2) is 21.3 Å². The predicted octanol–water partition coefficient (Wildman–Crippen LogP) is 2.71. The van der Waals surface area contributed by atoms with Crippen LogP contribution in [0.3, 0.4) is 0 Å². The van der Waals surface area contributed by atoms with Crippen molar-refractivity contribution in [3.8, 4) is 0 Å². The molecule has 0 radical (unpaired) electrons. The predicted molar refractivity (Wildman–Crippen MR) is 78.0 cm³/mol. The molecule has 2 atom stereocenters. The molecule has 1 aliphatic rings. The molecule has 2 N–H and O–H groups in total. The lowest BCUT2D eigenvalue weighted by Gasteiger charge is -2.01. The summed E-state index contributed by atoms with van der Waals surface area (Å²) in [4.78, 5) is 12.0. The van der Waals surface area contributed by atoms with Crippen LogP contribution in [0.2, 0.25) is 0 Å². The Hall–Kier alpha value is -2.11. The first-order valence-electron chi connectivity index (χ1n) is 7.31. The number of anilines is 1. The van der Waals surface area contributed by atoms with E-state index in [1.54, 1.807) is 0 Å². The summed E-state index contributed by atoms with van der Waals surface area (Å²) in [5, 5.41) is 13.9. The highest BCUT2D eigenvalue weighted by Gasteiger charge is 2.35. The number of aryl methyl sites for hydroxylation is 2. The fraction of sp³-hybridized carbons (Fsp3) is 0.533. The third-order valence-electron chi connectivity index (χ3n) is 4.16. The monoisotopic (exact) mass is 288 g/mol. The van der Waals surface area contributed by atoms with E-state index in [9.17, 15) is 4.79 Å². The molecule has 6 nitrogen and oxygen atoms in total. The van der Waals surface area contributed by atoms with Gasteiger partial charge in [0, 0.05) is 29.7 Å². The molecule has 21 heavy (non-hydrogen) atoms. The number of aromatic amines is 1. The van der Waals surface area contributed by atoms with Crippen LogP contribution in [0.5, 0.6) is 0 Å². The summed E-state index contributed by atoms with van der Waals surface area (Å²) in [7, 11) is 0. The lowest BCUT2D eigenvalue weighted by atomic mass is 10.1. The van der Waals surface area contributed by atoms with E-state index in [-0.39, 0.29) is 5.91 Å². The van der Waals surface area contributed by atoms with Gasteiger partial charge < -0.3 is 9.84 Å². The molecule has 2 aromatic heterocycles. The zero-order valence-corrected chi connectivity index (χ0v) is 12.6. The minimum Gasteiger partial charge on any atom is -0.361 e. The van der Waals surface area contributed by atoms with E-state index in [0.717, 1.165) is 22.7 Å². The van der Waals surface area contributed by atoms with Crippen LogP contribution in [0, 0.1) is 19.8 Å². The summed E-state index contributed by atoms with van der Waals surface area (Å²) < 4.78 is 5.09. The van der Waals surface area contributed by atoms with Crippen molar-refractivity contribution in [2.75, 3.05) is 5.32 Å². The largest absolute Gasteiger partial charge is 0.361 e. The number of aromatic nitrogens is 3. The second-order valence-corrected chi connectivity index (χ2v) is 5.88. The second kappa shape index (κ2) is 5.35. The number of amides is 1. The van der Waals surface area contributed by atoms with Crippen LogP contribution >= 0.6 is 0 Å². The average Bonchev–Trinajstić information content (AvgIpc) is 2.85. The summed E-state index contributed by atoms with van der Waals surface area (Å²) in [5.41, 5.74) is 2.98. The molecule has 1 saturated carbocycles. The number of nitrogens with zero attached hydrogens (tertiary/aromatic N) is 2. The Bertz CT molecular complexity index is 639. The molecule has 0 spiro atoms. The van der Waals surface area contributed by atoms with Crippen molar-refractivity contribution >= 4 is 11.7 Å². The van der Waals surface area contributed by atoms with Gasteiger partial charge in [-0.2, -0.15) is 5.10 Å². The molecule has 2 heterocycles. The first-order valence-corrected chi connectivity index (χ1v) is 7.31. The van der Waals surface area contributed by atoms with E-state index in [0.29, 0.717) is 30.5 Å². The minimum atomic E-state index is -0.0445. The molecular weight excluding hydrogens is 268 g/mol. The Labute approximate surface area is 123 Å². The number of carbonyl (C=O) groups is 1. The summed E-state index contributed by atoms with van der Waals surface area (Å²) in [5.74, 6) is 2.63. The lowest BCUT2D eigenvalue weighted by Crippen LogP contribution is -2.12. The number of rotatable bonds is 5. The maximum Gasteiger partial charge on any atom is 0.225 e. The number of nitrogens with one attached hydrogen (secondary N) is 2. The molecule has 6 heteroatoms.